The molecule has 3 heterocycles. The van der Waals surface area contributed by atoms with E-state index in [2.05, 4.69) is 22.8 Å². The number of carbonyl (C=O) groups is 1. The first kappa shape index (κ1) is 20.7. The zero-order valence-electron chi connectivity index (χ0n) is 17.0. The highest BCUT2D eigenvalue weighted by Crippen LogP contribution is 2.41. The van der Waals surface area contributed by atoms with Crippen LogP contribution < -0.4 is 9.47 Å². The molecule has 6 heteroatoms. The van der Waals surface area contributed by atoms with E-state index in [1.807, 2.05) is 30.0 Å². The molecule has 0 N–H and O–H groups in total. The van der Waals surface area contributed by atoms with Crippen molar-refractivity contribution in [3.8, 4) is 24.6 Å². The second-order valence-corrected chi connectivity index (χ2v) is 7.37. The first-order valence-electron chi connectivity index (χ1n) is 9.91. The lowest BCUT2D eigenvalue weighted by molar-refractivity contribution is 0.0526. The number of terminal acetylenes is 1. The van der Waals surface area contributed by atoms with Gasteiger partial charge in [0, 0.05) is 30.8 Å². The molecule has 0 radical (unpaired) electrons. The Morgan fingerprint density at radius 1 is 1.17 bits per heavy atom. The predicted molar refractivity (Wildman–Crippen MR) is 111 cm³/mol. The molecule has 1 atom stereocenters. The molecule has 29 heavy (non-hydrogen) atoms. The van der Waals surface area contributed by atoms with Crippen LogP contribution >= 0.6 is 0 Å². The first-order chi connectivity index (χ1) is 14.1. The van der Waals surface area contributed by atoms with Crippen LogP contribution in [0.4, 0.5) is 0 Å². The van der Waals surface area contributed by atoms with Crippen LogP contribution in [0.1, 0.15) is 53.2 Å². The van der Waals surface area contributed by atoms with E-state index >= 15 is 0 Å². The van der Waals surface area contributed by atoms with Gasteiger partial charge >= 0.3 is 0 Å². The van der Waals surface area contributed by atoms with Crippen molar-refractivity contribution < 1.29 is 14.3 Å². The molecule has 1 aliphatic heterocycles. The summed E-state index contributed by atoms with van der Waals surface area (Å²) in [6.07, 6.45) is 13.7. The number of nitrogens with zero attached hydrogens (tertiary/aromatic N) is 3. The molecular formula is C23H27N3O3. The summed E-state index contributed by atoms with van der Waals surface area (Å²) in [4.78, 5) is 23.9. The third-order valence-electron chi connectivity index (χ3n) is 5.15. The van der Waals surface area contributed by atoms with E-state index < -0.39 is 0 Å². The Morgan fingerprint density at radius 3 is 2.66 bits per heavy atom. The highest BCUT2D eigenvalue weighted by Gasteiger charge is 2.33. The lowest BCUT2D eigenvalue weighted by Crippen LogP contribution is -2.44. The zero-order valence-corrected chi connectivity index (χ0v) is 17.0. The van der Waals surface area contributed by atoms with Crippen LogP contribution in [0, 0.1) is 19.8 Å². The highest BCUT2D eigenvalue weighted by atomic mass is 16.5. The van der Waals surface area contributed by atoms with Gasteiger partial charge in [-0.1, -0.05) is 0 Å². The SMILES string of the molecule is C#C.COc1ccc(C(=O)N2CCC[C@@H](Oc3cc(C)ccn3)C2)c(C2CC2)n1. The molecule has 1 aliphatic carbocycles. The van der Waals surface area contributed by atoms with Crippen LogP contribution in [-0.4, -0.2) is 47.1 Å². The van der Waals surface area contributed by atoms with E-state index in [1.54, 1.807) is 19.4 Å². The van der Waals surface area contributed by atoms with Crippen molar-refractivity contribution in [2.45, 2.75) is 44.6 Å². The van der Waals surface area contributed by atoms with Crippen LogP contribution in [0.25, 0.3) is 0 Å². The molecule has 152 valence electrons. The first-order valence-corrected chi connectivity index (χ1v) is 9.91. The number of likely N-dealkylation sites (tertiary alicyclic amines) is 1. The van der Waals surface area contributed by atoms with E-state index in [4.69, 9.17) is 9.47 Å². The number of piperidine rings is 1. The monoisotopic (exact) mass is 393 g/mol. The zero-order chi connectivity index (χ0) is 20.8. The Bertz CT molecular complexity index is 877. The normalized spacial score (nSPS) is 18.3. The lowest BCUT2D eigenvalue weighted by Gasteiger charge is -2.33. The summed E-state index contributed by atoms with van der Waals surface area (Å²) >= 11 is 0. The van der Waals surface area contributed by atoms with Gasteiger partial charge in [-0.25, -0.2) is 9.97 Å². The number of rotatable bonds is 5. The summed E-state index contributed by atoms with van der Waals surface area (Å²) in [5, 5.41) is 0. The van der Waals surface area contributed by atoms with Crippen molar-refractivity contribution in [2.75, 3.05) is 20.2 Å². The fraction of sp³-hybridized carbons (Fsp3) is 0.435. The predicted octanol–water partition coefficient (Wildman–Crippen LogP) is 3.60. The van der Waals surface area contributed by atoms with Crippen molar-refractivity contribution in [2.24, 2.45) is 0 Å². The van der Waals surface area contributed by atoms with E-state index in [9.17, 15) is 4.79 Å². The van der Waals surface area contributed by atoms with Gasteiger partial charge in [-0.2, -0.15) is 0 Å². The summed E-state index contributed by atoms with van der Waals surface area (Å²) < 4.78 is 11.3. The molecule has 6 nitrogen and oxygen atoms in total. The minimum Gasteiger partial charge on any atom is -0.481 e. The maximum atomic E-state index is 13.2. The Labute approximate surface area is 172 Å². The number of methoxy groups -OCH3 is 1. The smallest absolute Gasteiger partial charge is 0.255 e. The van der Waals surface area contributed by atoms with Crippen LogP contribution in [0.5, 0.6) is 11.8 Å². The number of aryl methyl sites for hydroxylation is 1. The van der Waals surface area contributed by atoms with Gasteiger partial charge in [-0.3, -0.25) is 4.79 Å². The third-order valence-corrected chi connectivity index (χ3v) is 5.15. The Hall–Kier alpha value is -3.07. The number of pyridine rings is 2. The quantitative estimate of drug-likeness (QED) is 0.726. The summed E-state index contributed by atoms with van der Waals surface area (Å²) in [5.74, 6) is 1.61. The molecule has 2 aliphatic rings. The fourth-order valence-corrected chi connectivity index (χ4v) is 3.55. The molecule has 0 bridgehead atoms. The van der Waals surface area contributed by atoms with Gasteiger partial charge in [-0.05, 0) is 50.3 Å². The van der Waals surface area contributed by atoms with Crippen LogP contribution in [0.3, 0.4) is 0 Å². The summed E-state index contributed by atoms with van der Waals surface area (Å²) in [6, 6.07) is 7.50. The molecule has 4 rings (SSSR count). The number of hydrogen-bond acceptors (Lipinski definition) is 5. The number of aromatic nitrogens is 2. The molecule has 1 saturated heterocycles. The molecule has 0 aromatic carbocycles. The average Bonchev–Trinajstić information content (AvgIpc) is 3.60. The molecule has 1 amide bonds. The minimum atomic E-state index is -0.0346. The highest BCUT2D eigenvalue weighted by molar-refractivity contribution is 5.95. The van der Waals surface area contributed by atoms with Crippen LogP contribution in [0.2, 0.25) is 0 Å². The molecule has 1 saturated carbocycles. The summed E-state index contributed by atoms with van der Waals surface area (Å²) in [7, 11) is 1.60. The second-order valence-electron chi connectivity index (χ2n) is 7.37. The number of hydrogen-bond donors (Lipinski definition) is 0. The Kier molecular flexibility index (Phi) is 6.71. The number of ether oxygens (including phenoxy) is 2. The maximum Gasteiger partial charge on any atom is 0.255 e. The largest absolute Gasteiger partial charge is 0.481 e. The van der Waals surface area contributed by atoms with E-state index in [1.165, 1.54) is 0 Å². The van der Waals surface area contributed by atoms with Crippen LogP contribution in [-0.2, 0) is 0 Å². The molecule has 2 fully saturated rings. The Morgan fingerprint density at radius 2 is 1.97 bits per heavy atom. The molecule has 0 unspecified atom stereocenters. The van der Waals surface area contributed by atoms with Gasteiger partial charge in [-0.15, -0.1) is 12.8 Å². The second kappa shape index (κ2) is 9.42. The van der Waals surface area contributed by atoms with Gasteiger partial charge in [0.1, 0.15) is 6.10 Å². The fourth-order valence-electron chi connectivity index (χ4n) is 3.55. The van der Waals surface area contributed by atoms with Gasteiger partial charge in [0.2, 0.25) is 11.8 Å². The van der Waals surface area contributed by atoms with Gasteiger partial charge in [0.05, 0.1) is 24.9 Å². The topological polar surface area (TPSA) is 64.5 Å². The van der Waals surface area contributed by atoms with E-state index in [0.29, 0.717) is 29.8 Å². The number of carbonyl (C=O) groups excluding carboxylic acids is 1. The number of amides is 1. The Balaban J connectivity index is 0.00000117. The molecule has 0 spiro atoms. The van der Waals surface area contributed by atoms with E-state index in [0.717, 1.165) is 43.5 Å². The summed E-state index contributed by atoms with van der Waals surface area (Å²) in [5.41, 5.74) is 2.69. The van der Waals surface area contributed by atoms with Crippen molar-refractivity contribution in [1.82, 2.24) is 14.9 Å². The minimum absolute atomic E-state index is 0.0346. The van der Waals surface area contributed by atoms with Crippen molar-refractivity contribution >= 4 is 5.91 Å². The van der Waals surface area contributed by atoms with E-state index in [-0.39, 0.29) is 12.0 Å². The van der Waals surface area contributed by atoms with Crippen molar-refractivity contribution in [3.63, 3.8) is 0 Å². The molecule has 2 aromatic heterocycles. The van der Waals surface area contributed by atoms with Gasteiger partial charge in [0.15, 0.2) is 0 Å². The van der Waals surface area contributed by atoms with Crippen molar-refractivity contribution in [1.29, 1.82) is 0 Å². The van der Waals surface area contributed by atoms with Crippen LogP contribution in [0.15, 0.2) is 30.5 Å². The lowest BCUT2D eigenvalue weighted by atomic mass is 10.0. The average molecular weight is 393 g/mol. The standard InChI is InChI=1S/C21H25N3O3.C2H2/c1-14-9-10-22-19(12-14)27-16-4-3-11-24(13-16)21(25)17-7-8-18(26-2)23-20(17)15-5-6-15;1-2/h7-10,12,15-16H,3-6,11,13H2,1-2H3;1-2H/t16-;/m1./s1. The maximum absolute atomic E-state index is 13.2. The van der Waals surface area contributed by atoms with Gasteiger partial charge < -0.3 is 14.4 Å². The summed E-state index contributed by atoms with van der Waals surface area (Å²) in [6.45, 7) is 3.34. The molecule has 2 aromatic rings. The van der Waals surface area contributed by atoms with Crippen molar-refractivity contribution in [3.05, 3.63) is 47.3 Å². The third kappa shape index (κ3) is 5.05. The molecular weight excluding hydrogens is 366 g/mol. The van der Waals surface area contributed by atoms with Gasteiger partial charge in [0.25, 0.3) is 5.91 Å².